The fourth-order valence-electron chi connectivity index (χ4n) is 4.52. The third kappa shape index (κ3) is 6.11. The smallest absolute Gasteiger partial charge is 0.350 e. The van der Waals surface area contributed by atoms with E-state index in [4.69, 9.17) is 18.9 Å². The van der Waals surface area contributed by atoms with E-state index in [1.165, 1.54) is 19.1 Å². The van der Waals surface area contributed by atoms with Gasteiger partial charge in [-0.1, -0.05) is 43.4 Å². The minimum absolute atomic E-state index is 0.114. The van der Waals surface area contributed by atoms with Crippen LogP contribution in [-0.4, -0.2) is 55.2 Å². The summed E-state index contributed by atoms with van der Waals surface area (Å²) in [6, 6.07) is 10.5. The largest absolute Gasteiger partial charge is 0.507 e. The monoisotopic (exact) mass is 594 g/mol. The van der Waals surface area contributed by atoms with Crippen molar-refractivity contribution in [1.29, 1.82) is 0 Å². The van der Waals surface area contributed by atoms with Gasteiger partial charge in [-0.05, 0) is 56.0 Å². The zero-order chi connectivity index (χ0) is 30.6. The second-order valence-electron chi connectivity index (χ2n) is 9.97. The summed E-state index contributed by atoms with van der Waals surface area (Å²) in [5, 5.41) is 11.6. The number of hydrogen-bond donors (Lipinski definition) is 1. The second-order valence-corrected chi connectivity index (χ2v) is 11.0. The van der Waals surface area contributed by atoms with Crippen molar-refractivity contribution in [3.63, 3.8) is 0 Å². The summed E-state index contributed by atoms with van der Waals surface area (Å²) in [7, 11) is 2.98. The maximum Gasteiger partial charge on any atom is 0.350 e. The summed E-state index contributed by atoms with van der Waals surface area (Å²) >= 11 is 0.939. The molecule has 0 spiro atoms. The molecule has 1 fully saturated rings. The number of ether oxygens (including phenoxy) is 4. The maximum absolute atomic E-state index is 13.6. The summed E-state index contributed by atoms with van der Waals surface area (Å²) in [6.45, 7) is 8.17. The molecule has 1 amide bonds. The van der Waals surface area contributed by atoms with Crippen LogP contribution in [0, 0.1) is 12.8 Å². The quantitative estimate of drug-likeness (QED) is 0.129. The number of ketones is 1. The average Bonchev–Trinajstić information content (AvgIpc) is 3.49. The first kappa shape index (κ1) is 30.6. The molecule has 10 nitrogen and oxygen atoms in total. The topological polar surface area (TPSA) is 124 Å². The number of anilines is 1. The van der Waals surface area contributed by atoms with E-state index in [1.807, 2.05) is 0 Å². The van der Waals surface area contributed by atoms with E-state index < -0.39 is 23.7 Å². The minimum atomic E-state index is -1.09. The highest BCUT2D eigenvalue weighted by Crippen LogP contribution is 2.45. The maximum atomic E-state index is 13.6. The highest BCUT2D eigenvalue weighted by atomic mass is 32.1. The van der Waals surface area contributed by atoms with Crippen LogP contribution < -0.4 is 19.1 Å². The molecule has 1 atom stereocenters. The van der Waals surface area contributed by atoms with Crippen molar-refractivity contribution in [3.8, 4) is 17.2 Å². The van der Waals surface area contributed by atoms with Gasteiger partial charge in [-0.15, -0.1) is 0 Å². The standard InChI is InChI=1S/C31H34N2O8S/c1-7-40-30(37)28-18(4)32-31(42-28)33-25(19-11-12-22(23(16-19)39-6)41-14-13-17(2)3)24(27(35)29(33)36)26(34)20-9-8-10-21(15-20)38-5/h8-12,15-17,25,34H,7,13-14H2,1-6H3. The van der Waals surface area contributed by atoms with Crippen LogP contribution in [0.2, 0.25) is 0 Å². The first-order valence-electron chi connectivity index (χ1n) is 13.5. The number of rotatable bonds is 11. The lowest BCUT2D eigenvalue weighted by molar-refractivity contribution is -0.132. The van der Waals surface area contributed by atoms with Crippen LogP contribution in [0.3, 0.4) is 0 Å². The number of Topliss-reactive ketones (excluding diaryl/α,β-unsaturated/α-hetero) is 1. The fraction of sp³-hybridized carbons (Fsp3) is 0.355. The number of aliphatic hydroxyl groups excluding tert-OH is 1. The average molecular weight is 595 g/mol. The van der Waals surface area contributed by atoms with Crippen LogP contribution in [0.1, 0.15) is 59.7 Å². The molecule has 3 aromatic rings. The van der Waals surface area contributed by atoms with Crippen LogP contribution >= 0.6 is 11.3 Å². The van der Waals surface area contributed by atoms with Gasteiger partial charge in [-0.3, -0.25) is 14.5 Å². The van der Waals surface area contributed by atoms with Gasteiger partial charge in [-0.2, -0.15) is 0 Å². The molecule has 1 aromatic heterocycles. The Bertz CT molecular complexity index is 1530. The lowest BCUT2D eigenvalue weighted by Gasteiger charge is -2.24. The molecule has 1 N–H and O–H groups in total. The summed E-state index contributed by atoms with van der Waals surface area (Å²) in [4.78, 5) is 45.6. The molecule has 0 radical (unpaired) electrons. The first-order valence-corrected chi connectivity index (χ1v) is 14.3. The summed E-state index contributed by atoms with van der Waals surface area (Å²) in [5.41, 5.74) is 0.973. The Kier molecular flexibility index (Phi) is 9.52. The lowest BCUT2D eigenvalue weighted by atomic mass is 9.95. The molecule has 0 saturated carbocycles. The number of aliphatic hydroxyl groups is 1. The number of esters is 1. The van der Waals surface area contributed by atoms with Crippen LogP contribution in [0.5, 0.6) is 17.2 Å². The Morgan fingerprint density at radius 2 is 1.86 bits per heavy atom. The molecule has 1 aliphatic rings. The molecule has 42 heavy (non-hydrogen) atoms. The third-order valence-electron chi connectivity index (χ3n) is 6.70. The van der Waals surface area contributed by atoms with Gasteiger partial charge in [0.1, 0.15) is 16.4 Å². The van der Waals surface area contributed by atoms with Crippen LogP contribution in [-0.2, 0) is 14.3 Å². The molecule has 11 heteroatoms. The molecule has 4 rings (SSSR count). The predicted molar refractivity (Wildman–Crippen MR) is 159 cm³/mol. The number of aromatic nitrogens is 1. The predicted octanol–water partition coefficient (Wildman–Crippen LogP) is 5.70. The Morgan fingerprint density at radius 3 is 2.52 bits per heavy atom. The minimum Gasteiger partial charge on any atom is -0.507 e. The molecule has 2 heterocycles. The van der Waals surface area contributed by atoms with Crippen molar-refractivity contribution in [3.05, 3.63) is 69.7 Å². The van der Waals surface area contributed by atoms with Gasteiger partial charge in [0.05, 0.1) is 44.7 Å². The summed E-state index contributed by atoms with van der Waals surface area (Å²) < 4.78 is 22.0. The van der Waals surface area contributed by atoms with Gasteiger partial charge in [-0.25, -0.2) is 9.78 Å². The molecule has 1 saturated heterocycles. The van der Waals surface area contributed by atoms with Crippen molar-refractivity contribution in [2.45, 2.75) is 40.2 Å². The first-order chi connectivity index (χ1) is 20.1. The normalized spacial score (nSPS) is 16.2. The van der Waals surface area contributed by atoms with E-state index in [9.17, 15) is 19.5 Å². The Hall–Kier alpha value is -4.38. The number of carbonyl (C=O) groups is 3. The number of carbonyl (C=O) groups excluding carboxylic acids is 3. The molecule has 222 valence electrons. The van der Waals surface area contributed by atoms with Crippen LogP contribution in [0.15, 0.2) is 48.0 Å². The van der Waals surface area contributed by atoms with Crippen molar-refractivity contribution in [2.75, 3.05) is 32.3 Å². The zero-order valence-electron chi connectivity index (χ0n) is 24.4. The van der Waals surface area contributed by atoms with Gasteiger partial charge in [0.15, 0.2) is 16.6 Å². The third-order valence-corrected chi connectivity index (χ3v) is 7.83. The molecule has 0 bridgehead atoms. The van der Waals surface area contributed by atoms with E-state index in [0.717, 1.165) is 17.8 Å². The highest BCUT2D eigenvalue weighted by molar-refractivity contribution is 7.17. The Labute approximate surface area is 248 Å². The van der Waals surface area contributed by atoms with E-state index in [2.05, 4.69) is 18.8 Å². The van der Waals surface area contributed by atoms with Gasteiger partial charge in [0.2, 0.25) is 0 Å². The van der Waals surface area contributed by atoms with Crippen LogP contribution in [0.4, 0.5) is 5.13 Å². The zero-order valence-corrected chi connectivity index (χ0v) is 25.2. The molecule has 1 aliphatic heterocycles. The van der Waals surface area contributed by atoms with Gasteiger partial charge in [0.25, 0.3) is 5.78 Å². The van der Waals surface area contributed by atoms with E-state index in [-0.39, 0.29) is 27.9 Å². The number of hydrogen-bond acceptors (Lipinski definition) is 10. The van der Waals surface area contributed by atoms with Crippen molar-refractivity contribution in [1.82, 2.24) is 4.98 Å². The van der Waals surface area contributed by atoms with E-state index >= 15 is 0 Å². The van der Waals surface area contributed by atoms with Crippen molar-refractivity contribution < 1.29 is 38.4 Å². The molecule has 0 aliphatic carbocycles. The van der Waals surface area contributed by atoms with Crippen molar-refractivity contribution >= 4 is 39.9 Å². The van der Waals surface area contributed by atoms with Crippen LogP contribution in [0.25, 0.3) is 5.76 Å². The second kappa shape index (κ2) is 13.1. The van der Waals surface area contributed by atoms with Crippen molar-refractivity contribution in [2.24, 2.45) is 5.92 Å². The fourth-order valence-corrected chi connectivity index (χ4v) is 5.51. The molecule has 2 aromatic carbocycles. The van der Waals surface area contributed by atoms with Gasteiger partial charge >= 0.3 is 11.9 Å². The van der Waals surface area contributed by atoms with E-state index in [1.54, 1.807) is 56.3 Å². The van der Waals surface area contributed by atoms with Gasteiger partial charge in [0, 0.05) is 5.56 Å². The molecule has 1 unspecified atom stereocenters. The lowest BCUT2D eigenvalue weighted by Crippen LogP contribution is -2.29. The molecular formula is C31H34N2O8S. The number of aryl methyl sites for hydroxylation is 1. The molecular weight excluding hydrogens is 560 g/mol. The number of nitrogens with zero attached hydrogens (tertiary/aromatic N) is 2. The SMILES string of the molecule is CCOC(=O)c1sc(N2C(=O)C(=O)C(=C(O)c3cccc(OC)c3)C2c2ccc(OCCC(C)C)c(OC)c2)nc1C. The number of benzene rings is 2. The Morgan fingerprint density at radius 1 is 1.10 bits per heavy atom. The van der Waals surface area contributed by atoms with E-state index in [0.29, 0.717) is 46.6 Å². The summed E-state index contributed by atoms with van der Waals surface area (Å²) in [6.07, 6.45) is 0.845. The highest BCUT2D eigenvalue weighted by Gasteiger charge is 2.48. The number of amides is 1. The van der Waals surface area contributed by atoms with Gasteiger partial charge < -0.3 is 24.1 Å². The number of thiazole rings is 1. The summed E-state index contributed by atoms with van der Waals surface area (Å²) in [5.74, 6) is -0.946. The Balaban J connectivity index is 1.89. The number of methoxy groups -OCH3 is 2.